The average Bonchev–Trinajstić information content (AvgIpc) is 2.28. The summed E-state index contributed by atoms with van der Waals surface area (Å²) < 4.78 is 5.02. The molecule has 1 heterocycles. The van der Waals surface area contributed by atoms with Gasteiger partial charge < -0.3 is 20.9 Å². The molecular formula is C11H18N4O2. The summed E-state index contributed by atoms with van der Waals surface area (Å²) in [4.78, 5) is 8.00. The van der Waals surface area contributed by atoms with E-state index in [1.807, 2.05) is 13.8 Å². The Kier molecular flexibility index (Phi) is 2.82. The Balaban J connectivity index is 2.12. The van der Waals surface area contributed by atoms with Gasteiger partial charge in [-0.2, -0.15) is 9.97 Å². The maximum absolute atomic E-state index is 9.66. The van der Waals surface area contributed by atoms with Crippen LogP contribution in [0.4, 0.5) is 11.8 Å². The Labute approximate surface area is 100 Å². The highest BCUT2D eigenvalue weighted by Crippen LogP contribution is 2.42. The fraction of sp³-hybridized carbons (Fsp3) is 0.636. The quantitative estimate of drug-likeness (QED) is 0.715. The van der Waals surface area contributed by atoms with Crippen molar-refractivity contribution in [1.29, 1.82) is 0 Å². The largest absolute Gasteiger partial charge is 0.481 e. The van der Waals surface area contributed by atoms with Gasteiger partial charge >= 0.3 is 0 Å². The van der Waals surface area contributed by atoms with E-state index in [0.29, 0.717) is 18.1 Å². The van der Waals surface area contributed by atoms with Crippen molar-refractivity contribution < 1.29 is 9.84 Å². The number of nitrogens with one attached hydrogen (secondary N) is 1. The van der Waals surface area contributed by atoms with Crippen molar-refractivity contribution in [3.63, 3.8) is 0 Å². The van der Waals surface area contributed by atoms with Crippen LogP contribution in [0.1, 0.15) is 20.3 Å². The van der Waals surface area contributed by atoms with Crippen LogP contribution in [-0.2, 0) is 0 Å². The average molecular weight is 238 g/mol. The molecule has 1 aromatic rings. The van der Waals surface area contributed by atoms with Gasteiger partial charge in [-0.15, -0.1) is 0 Å². The Hall–Kier alpha value is -1.56. The van der Waals surface area contributed by atoms with Crippen LogP contribution in [0.15, 0.2) is 6.07 Å². The maximum Gasteiger partial charge on any atom is 0.225 e. The molecule has 0 saturated heterocycles. The third kappa shape index (κ3) is 2.12. The number of hydrogen-bond acceptors (Lipinski definition) is 6. The molecule has 1 saturated carbocycles. The number of rotatable bonds is 3. The molecule has 1 fully saturated rings. The summed E-state index contributed by atoms with van der Waals surface area (Å²) in [6.07, 6.45) is 0.431. The number of nitrogens with zero attached hydrogens (tertiary/aromatic N) is 2. The number of nitrogens with two attached hydrogens (primary N) is 1. The summed E-state index contributed by atoms with van der Waals surface area (Å²) in [7, 11) is 1.53. The zero-order valence-electron chi connectivity index (χ0n) is 10.3. The molecule has 0 radical (unpaired) electrons. The minimum absolute atomic E-state index is 0.160. The standard InChI is InChI=1S/C11H18N4O2/c1-11(2)6(4-7(11)16)13-8-5-9(17-3)15-10(12)14-8/h5-7,16H,4H2,1-3H3,(H3,12,13,14,15). The minimum atomic E-state index is -0.277. The highest BCUT2D eigenvalue weighted by Gasteiger charge is 2.47. The molecular weight excluding hydrogens is 220 g/mol. The van der Waals surface area contributed by atoms with Gasteiger partial charge in [-0.05, 0) is 6.42 Å². The monoisotopic (exact) mass is 238 g/mol. The third-order valence-electron chi connectivity index (χ3n) is 3.47. The summed E-state index contributed by atoms with van der Waals surface area (Å²) in [6, 6.07) is 1.87. The summed E-state index contributed by atoms with van der Waals surface area (Å²) >= 11 is 0. The van der Waals surface area contributed by atoms with Gasteiger partial charge in [-0.1, -0.05) is 13.8 Å². The molecule has 2 atom stereocenters. The van der Waals surface area contributed by atoms with Crippen LogP contribution >= 0.6 is 0 Å². The van der Waals surface area contributed by atoms with Crippen LogP contribution in [0.5, 0.6) is 5.88 Å². The first kappa shape index (κ1) is 11.9. The fourth-order valence-corrected chi connectivity index (χ4v) is 1.95. The predicted molar refractivity (Wildman–Crippen MR) is 64.8 cm³/mol. The summed E-state index contributed by atoms with van der Waals surface area (Å²) in [5.41, 5.74) is 5.41. The molecule has 0 bridgehead atoms. The fourth-order valence-electron chi connectivity index (χ4n) is 1.95. The predicted octanol–water partition coefficient (Wildman–Crippen LogP) is 0.639. The van der Waals surface area contributed by atoms with E-state index >= 15 is 0 Å². The second-order valence-electron chi connectivity index (χ2n) is 4.92. The second-order valence-corrected chi connectivity index (χ2v) is 4.92. The summed E-state index contributed by atoms with van der Waals surface area (Å²) in [5, 5.41) is 12.9. The normalized spacial score (nSPS) is 26.1. The van der Waals surface area contributed by atoms with Crippen molar-refractivity contribution >= 4 is 11.8 Å². The molecule has 6 heteroatoms. The van der Waals surface area contributed by atoms with Crippen LogP contribution in [0.3, 0.4) is 0 Å². The van der Waals surface area contributed by atoms with E-state index < -0.39 is 0 Å². The lowest BCUT2D eigenvalue weighted by molar-refractivity contribution is -0.0511. The zero-order chi connectivity index (χ0) is 12.6. The van der Waals surface area contributed by atoms with Crippen LogP contribution in [0.2, 0.25) is 0 Å². The molecule has 1 aromatic heterocycles. The van der Waals surface area contributed by atoms with E-state index in [4.69, 9.17) is 10.5 Å². The number of anilines is 2. The van der Waals surface area contributed by atoms with E-state index in [1.54, 1.807) is 6.07 Å². The van der Waals surface area contributed by atoms with Crippen molar-refractivity contribution in [2.24, 2.45) is 5.41 Å². The molecule has 4 N–H and O–H groups in total. The molecule has 0 aromatic carbocycles. The second kappa shape index (κ2) is 4.03. The smallest absolute Gasteiger partial charge is 0.225 e. The SMILES string of the molecule is COc1cc(NC2CC(O)C2(C)C)nc(N)n1. The van der Waals surface area contributed by atoms with Gasteiger partial charge in [-0.3, -0.25) is 0 Å². The van der Waals surface area contributed by atoms with Gasteiger partial charge in [0.1, 0.15) is 5.82 Å². The Morgan fingerprint density at radius 3 is 2.76 bits per heavy atom. The Morgan fingerprint density at radius 1 is 1.53 bits per heavy atom. The molecule has 2 unspecified atom stereocenters. The van der Waals surface area contributed by atoms with Gasteiger partial charge in [0.25, 0.3) is 0 Å². The lowest BCUT2D eigenvalue weighted by Crippen LogP contribution is -2.57. The minimum Gasteiger partial charge on any atom is -0.481 e. The molecule has 0 spiro atoms. The van der Waals surface area contributed by atoms with Crippen molar-refractivity contribution in [1.82, 2.24) is 9.97 Å². The van der Waals surface area contributed by atoms with Gasteiger partial charge in [0.2, 0.25) is 11.8 Å². The van der Waals surface area contributed by atoms with Gasteiger partial charge in [-0.25, -0.2) is 0 Å². The number of aliphatic hydroxyl groups excluding tert-OH is 1. The van der Waals surface area contributed by atoms with E-state index in [1.165, 1.54) is 7.11 Å². The van der Waals surface area contributed by atoms with Gasteiger partial charge in [0.05, 0.1) is 13.2 Å². The lowest BCUT2D eigenvalue weighted by atomic mass is 9.64. The molecule has 1 aliphatic rings. The molecule has 0 amide bonds. The van der Waals surface area contributed by atoms with Crippen LogP contribution in [0.25, 0.3) is 0 Å². The van der Waals surface area contributed by atoms with E-state index in [0.717, 1.165) is 0 Å². The van der Waals surface area contributed by atoms with E-state index in [-0.39, 0.29) is 23.5 Å². The first-order valence-electron chi connectivity index (χ1n) is 5.56. The van der Waals surface area contributed by atoms with Gasteiger partial charge in [0, 0.05) is 17.5 Å². The first-order valence-corrected chi connectivity index (χ1v) is 5.56. The highest BCUT2D eigenvalue weighted by atomic mass is 16.5. The molecule has 2 rings (SSSR count). The number of nitrogen functional groups attached to an aromatic ring is 1. The lowest BCUT2D eigenvalue weighted by Gasteiger charge is -2.49. The zero-order valence-corrected chi connectivity index (χ0v) is 10.3. The molecule has 94 valence electrons. The maximum atomic E-state index is 9.66. The molecule has 17 heavy (non-hydrogen) atoms. The van der Waals surface area contributed by atoms with Crippen molar-refractivity contribution in [2.45, 2.75) is 32.4 Å². The summed E-state index contributed by atoms with van der Waals surface area (Å²) in [5.74, 6) is 1.22. The molecule has 0 aliphatic heterocycles. The van der Waals surface area contributed by atoms with Crippen LogP contribution in [-0.4, -0.2) is 34.3 Å². The van der Waals surface area contributed by atoms with Gasteiger partial charge in [0.15, 0.2) is 0 Å². The molecule has 6 nitrogen and oxygen atoms in total. The molecule has 1 aliphatic carbocycles. The highest BCUT2D eigenvalue weighted by molar-refractivity contribution is 5.44. The third-order valence-corrected chi connectivity index (χ3v) is 3.47. The number of hydrogen-bond donors (Lipinski definition) is 3. The van der Waals surface area contributed by atoms with E-state index in [9.17, 15) is 5.11 Å². The van der Waals surface area contributed by atoms with Crippen molar-refractivity contribution in [2.75, 3.05) is 18.2 Å². The van der Waals surface area contributed by atoms with Crippen molar-refractivity contribution in [3.05, 3.63) is 6.07 Å². The first-order chi connectivity index (χ1) is 7.93. The number of methoxy groups -OCH3 is 1. The van der Waals surface area contributed by atoms with Crippen LogP contribution in [0, 0.1) is 5.41 Å². The Bertz CT molecular complexity index is 422. The van der Waals surface area contributed by atoms with Crippen molar-refractivity contribution in [3.8, 4) is 5.88 Å². The summed E-state index contributed by atoms with van der Waals surface area (Å²) in [6.45, 7) is 4.03. The van der Waals surface area contributed by atoms with E-state index in [2.05, 4.69) is 15.3 Å². The Morgan fingerprint density at radius 2 is 2.24 bits per heavy atom. The topological polar surface area (TPSA) is 93.3 Å². The number of ether oxygens (including phenoxy) is 1. The number of aromatic nitrogens is 2. The van der Waals surface area contributed by atoms with Crippen LogP contribution < -0.4 is 15.8 Å². The number of aliphatic hydroxyl groups is 1.